The Kier molecular flexibility index (Phi) is 4.02. The monoisotopic (exact) mass is 239 g/mol. The highest BCUT2D eigenvalue weighted by Gasteiger charge is 2.30. The van der Waals surface area contributed by atoms with Crippen molar-refractivity contribution in [2.45, 2.75) is 44.9 Å². The standard InChI is InChI=1S/C13H21NO3/c15-12(6-5-10-3-1-2-4-10)14-8-7-11(9-14)13(16)17/h10-11H,1-9H2,(H,16,17)/t11-/m1/s1. The molecule has 1 N–H and O–H groups in total. The van der Waals surface area contributed by atoms with Gasteiger partial charge in [0.2, 0.25) is 5.91 Å². The first kappa shape index (κ1) is 12.4. The fourth-order valence-electron chi connectivity index (χ4n) is 2.97. The number of aliphatic carboxylic acids is 1. The maximum atomic E-state index is 11.9. The number of carbonyl (C=O) groups is 2. The summed E-state index contributed by atoms with van der Waals surface area (Å²) in [6.07, 6.45) is 7.37. The molecule has 2 fully saturated rings. The zero-order valence-electron chi connectivity index (χ0n) is 10.2. The Morgan fingerprint density at radius 1 is 1.18 bits per heavy atom. The van der Waals surface area contributed by atoms with Crippen LogP contribution in [0.4, 0.5) is 0 Å². The van der Waals surface area contributed by atoms with Gasteiger partial charge in [-0.2, -0.15) is 0 Å². The van der Waals surface area contributed by atoms with Crippen LogP contribution in [0.25, 0.3) is 0 Å². The van der Waals surface area contributed by atoms with Crippen LogP contribution in [0.5, 0.6) is 0 Å². The van der Waals surface area contributed by atoms with E-state index in [9.17, 15) is 9.59 Å². The van der Waals surface area contributed by atoms with Gasteiger partial charge in [0.1, 0.15) is 0 Å². The number of nitrogens with zero attached hydrogens (tertiary/aromatic N) is 1. The largest absolute Gasteiger partial charge is 0.481 e. The molecule has 0 aromatic rings. The van der Waals surface area contributed by atoms with Crippen LogP contribution >= 0.6 is 0 Å². The summed E-state index contributed by atoms with van der Waals surface area (Å²) in [6.45, 7) is 1.04. The minimum absolute atomic E-state index is 0.153. The maximum Gasteiger partial charge on any atom is 0.308 e. The third-order valence-corrected chi connectivity index (χ3v) is 4.13. The Morgan fingerprint density at radius 2 is 1.88 bits per heavy atom. The molecule has 4 nitrogen and oxygen atoms in total. The zero-order valence-corrected chi connectivity index (χ0v) is 10.2. The van der Waals surface area contributed by atoms with Crippen molar-refractivity contribution in [1.82, 2.24) is 4.90 Å². The maximum absolute atomic E-state index is 11.9. The molecule has 1 aliphatic carbocycles. The third kappa shape index (κ3) is 3.20. The molecule has 0 aromatic heterocycles. The van der Waals surface area contributed by atoms with E-state index in [-0.39, 0.29) is 11.8 Å². The average Bonchev–Trinajstić information content (AvgIpc) is 2.96. The van der Waals surface area contributed by atoms with Crippen LogP contribution in [0.3, 0.4) is 0 Å². The molecule has 0 aromatic carbocycles. The molecule has 17 heavy (non-hydrogen) atoms. The SMILES string of the molecule is O=C(O)[C@@H]1CCN(C(=O)CCC2CCCC2)C1. The summed E-state index contributed by atoms with van der Waals surface area (Å²) >= 11 is 0. The van der Waals surface area contributed by atoms with Crippen molar-refractivity contribution in [3.05, 3.63) is 0 Å². The Bertz CT molecular complexity index is 297. The second-order valence-electron chi connectivity index (χ2n) is 5.35. The van der Waals surface area contributed by atoms with Crippen molar-refractivity contribution in [3.63, 3.8) is 0 Å². The summed E-state index contributed by atoms with van der Waals surface area (Å²) in [5.41, 5.74) is 0. The number of carboxylic acids is 1. The van der Waals surface area contributed by atoms with E-state index in [1.165, 1.54) is 25.7 Å². The van der Waals surface area contributed by atoms with Gasteiger partial charge >= 0.3 is 5.97 Å². The summed E-state index contributed by atoms with van der Waals surface area (Å²) in [5, 5.41) is 8.88. The van der Waals surface area contributed by atoms with E-state index >= 15 is 0 Å². The molecule has 0 bridgehead atoms. The molecule has 0 spiro atoms. The number of amides is 1. The van der Waals surface area contributed by atoms with E-state index in [0.717, 1.165) is 12.3 Å². The fourth-order valence-corrected chi connectivity index (χ4v) is 2.97. The lowest BCUT2D eigenvalue weighted by molar-refractivity contribution is -0.141. The highest BCUT2D eigenvalue weighted by molar-refractivity contribution is 5.78. The fraction of sp³-hybridized carbons (Fsp3) is 0.846. The van der Waals surface area contributed by atoms with Crippen molar-refractivity contribution < 1.29 is 14.7 Å². The lowest BCUT2D eigenvalue weighted by Crippen LogP contribution is -2.30. The van der Waals surface area contributed by atoms with Gasteiger partial charge in [0.25, 0.3) is 0 Å². The van der Waals surface area contributed by atoms with Gasteiger partial charge in [-0.3, -0.25) is 9.59 Å². The van der Waals surface area contributed by atoms with Crippen LogP contribution < -0.4 is 0 Å². The van der Waals surface area contributed by atoms with Gasteiger partial charge in [0, 0.05) is 19.5 Å². The van der Waals surface area contributed by atoms with E-state index < -0.39 is 5.97 Å². The molecule has 1 aliphatic heterocycles. The molecule has 1 heterocycles. The average molecular weight is 239 g/mol. The quantitative estimate of drug-likeness (QED) is 0.815. The normalized spacial score (nSPS) is 25.4. The topological polar surface area (TPSA) is 57.6 Å². The van der Waals surface area contributed by atoms with Crippen molar-refractivity contribution in [3.8, 4) is 0 Å². The molecule has 1 saturated carbocycles. The molecule has 1 amide bonds. The van der Waals surface area contributed by atoms with Crippen molar-refractivity contribution in [2.24, 2.45) is 11.8 Å². The van der Waals surface area contributed by atoms with Gasteiger partial charge in [0.15, 0.2) is 0 Å². The molecule has 0 unspecified atom stereocenters. The molecule has 2 aliphatic rings. The molecular weight excluding hydrogens is 218 g/mol. The zero-order chi connectivity index (χ0) is 12.3. The minimum Gasteiger partial charge on any atom is -0.481 e. The summed E-state index contributed by atoms with van der Waals surface area (Å²) in [6, 6.07) is 0. The minimum atomic E-state index is -0.768. The lowest BCUT2D eigenvalue weighted by Gasteiger charge is -2.17. The van der Waals surface area contributed by atoms with Crippen molar-refractivity contribution in [1.29, 1.82) is 0 Å². The molecule has 1 atom stereocenters. The van der Waals surface area contributed by atoms with E-state index in [4.69, 9.17) is 5.11 Å². The highest BCUT2D eigenvalue weighted by atomic mass is 16.4. The first-order valence-corrected chi connectivity index (χ1v) is 6.67. The van der Waals surface area contributed by atoms with E-state index in [1.807, 2.05) is 0 Å². The van der Waals surface area contributed by atoms with Crippen LogP contribution in [0.15, 0.2) is 0 Å². The number of likely N-dealkylation sites (tertiary alicyclic amines) is 1. The van der Waals surface area contributed by atoms with Crippen LogP contribution in [-0.2, 0) is 9.59 Å². The van der Waals surface area contributed by atoms with Crippen LogP contribution in [0.1, 0.15) is 44.9 Å². The Morgan fingerprint density at radius 3 is 2.47 bits per heavy atom. The predicted molar refractivity (Wildman–Crippen MR) is 63.5 cm³/mol. The molecular formula is C13H21NO3. The number of carbonyl (C=O) groups excluding carboxylic acids is 1. The second kappa shape index (κ2) is 5.52. The number of hydrogen-bond donors (Lipinski definition) is 1. The van der Waals surface area contributed by atoms with Gasteiger partial charge < -0.3 is 10.0 Å². The smallest absolute Gasteiger partial charge is 0.308 e. The van der Waals surface area contributed by atoms with Gasteiger partial charge in [-0.15, -0.1) is 0 Å². The van der Waals surface area contributed by atoms with Crippen LogP contribution in [0.2, 0.25) is 0 Å². The Labute approximate surface area is 102 Å². The van der Waals surface area contributed by atoms with Crippen molar-refractivity contribution in [2.75, 3.05) is 13.1 Å². The van der Waals surface area contributed by atoms with Gasteiger partial charge in [0.05, 0.1) is 5.92 Å². The molecule has 1 saturated heterocycles. The molecule has 4 heteroatoms. The Balaban J connectivity index is 1.71. The summed E-state index contributed by atoms with van der Waals surface area (Å²) < 4.78 is 0. The summed E-state index contributed by atoms with van der Waals surface area (Å²) in [7, 11) is 0. The van der Waals surface area contributed by atoms with Crippen molar-refractivity contribution >= 4 is 11.9 Å². The highest BCUT2D eigenvalue weighted by Crippen LogP contribution is 2.29. The first-order chi connectivity index (χ1) is 8.16. The van der Waals surface area contributed by atoms with Crippen LogP contribution in [0, 0.1) is 11.8 Å². The van der Waals surface area contributed by atoms with Crippen LogP contribution in [-0.4, -0.2) is 35.0 Å². The number of rotatable bonds is 4. The van der Waals surface area contributed by atoms with E-state index in [1.54, 1.807) is 4.90 Å². The van der Waals surface area contributed by atoms with E-state index in [0.29, 0.717) is 25.9 Å². The third-order valence-electron chi connectivity index (χ3n) is 4.13. The summed E-state index contributed by atoms with van der Waals surface area (Å²) in [4.78, 5) is 24.4. The number of hydrogen-bond acceptors (Lipinski definition) is 2. The second-order valence-corrected chi connectivity index (χ2v) is 5.35. The lowest BCUT2D eigenvalue weighted by atomic mass is 10.0. The molecule has 0 radical (unpaired) electrons. The van der Waals surface area contributed by atoms with Gasteiger partial charge in [-0.05, 0) is 18.8 Å². The molecule has 2 rings (SSSR count). The first-order valence-electron chi connectivity index (χ1n) is 6.67. The molecule has 96 valence electrons. The van der Waals surface area contributed by atoms with Gasteiger partial charge in [-0.1, -0.05) is 25.7 Å². The summed E-state index contributed by atoms with van der Waals surface area (Å²) in [5.74, 6) is -0.223. The van der Waals surface area contributed by atoms with Gasteiger partial charge in [-0.25, -0.2) is 0 Å². The Hall–Kier alpha value is -1.06. The predicted octanol–water partition coefficient (Wildman–Crippen LogP) is 1.89. The number of carboxylic acid groups (broad SMARTS) is 1. The van der Waals surface area contributed by atoms with E-state index in [2.05, 4.69) is 0 Å².